The van der Waals surface area contributed by atoms with Gasteiger partial charge in [0, 0.05) is 42.2 Å². The zero-order chi connectivity index (χ0) is 15.8. The summed E-state index contributed by atoms with van der Waals surface area (Å²) in [7, 11) is 0. The van der Waals surface area contributed by atoms with Gasteiger partial charge in [-0.15, -0.1) is 0 Å². The lowest BCUT2D eigenvalue weighted by Gasteiger charge is -2.19. The van der Waals surface area contributed by atoms with Crippen molar-refractivity contribution in [2.75, 3.05) is 23.3 Å². The van der Waals surface area contributed by atoms with Crippen LogP contribution in [0.15, 0.2) is 42.7 Å². The van der Waals surface area contributed by atoms with E-state index >= 15 is 0 Å². The third-order valence-electron chi connectivity index (χ3n) is 4.21. The molecular weight excluding hydrogens is 310 g/mol. The van der Waals surface area contributed by atoms with Gasteiger partial charge in [0.15, 0.2) is 5.82 Å². The molecule has 6 heteroatoms. The molecule has 5 nitrogen and oxygen atoms in total. The number of nitrogens with zero attached hydrogens (tertiary/aromatic N) is 4. The molecule has 0 radical (unpaired) electrons. The number of halogens is 1. The largest absolute Gasteiger partial charge is 0.369 e. The van der Waals surface area contributed by atoms with Crippen LogP contribution in [0, 0.1) is 6.92 Å². The fraction of sp³-hybridized carbons (Fsp3) is 0.294. The Morgan fingerprint density at radius 3 is 3.09 bits per heavy atom. The highest BCUT2D eigenvalue weighted by molar-refractivity contribution is 6.30. The van der Waals surface area contributed by atoms with Crippen LogP contribution < -0.4 is 10.2 Å². The minimum absolute atomic E-state index is 0.364. The van der Waals surface area contributed by atoms with Crippen LogP contribution in [0.3, 0.4) is 0 Å². The minimum atomic E-state index is 0.364. The van der Waals surface area contributed by atoms with Crippen LogP contribution in [0.4, 0.5) is 11.5 Å². The van der Waals surface area contributed by atoms with Gasteiger partial charge in [-0.2, -0.15) is 5.10 Å². The van der Waals surface area contributed by atoms with Crippen LogP contribution in [0.2, 0.25) is 5.02 Å². The third kappa shape index (κ3) is 2.84. The Morgan fingerprint density at radius 2 is 2.22 bits per heavy atom. The van der Waals surface area contributed by atoms with Crippen LogP contribution in [0.25, 0.3) is 5.52 Å². The molecule has 0 saturated carbocycles. The Balaban J connectivity index is 1.52. The lowest BCUT2D eigenvalue weighted by atomic mass is 10.2. The van der Waals surface area contributed by atoms with E-state index in [1.165, 1.54) is 5.69 Å². The molecule has 1 unspecified atom stereocenters. The second kappa shape index (κ2) is 5.74. The Kier molecular flexibility index (Phi) is 3.58. The first-order valence-electron chi connectivity index (χ1n) is 7.77. The lowest BCUT2D eigenvalue weighted by molar-refractivity contribution is 0.798. The summed E-state index contributed by atoms with van der Waals surface area (Å²) in [5.41, 5.74) is 3.19. The van der Waals surface area contributed by atoms with Crippen LogP contribution in [-0.4, -0.2) is 33.7 Å². The highest BCUT2D eigenvalue weighted by Crippen LogP contribution is 2.25. The van der Waals surface area contributed by atoms with Crippen molar-refractivity contribution in [3.8, 4) is 0 Å². The van der Waals surface area contributed by atoms with E-state index < -0.39 is 0 Å². The molecule has 1 fully saturated rings. The molecule has 0 aliphatic carbocycles. The molecule has 23 heavy (non-hydrogen) atoms. The summed E-state index contributed by atoms with van der Waals surface area (Å²) in [5.74, 6) is 0.894. The average Bonchev–Trinajstić information content (AvgIpc) is 3.13. The Hall–Kier alpha value is -2.27. The number of rotatable bonds is 3. The number of nitrogens with one attached hydrogen (secondary N) is 1. The van der Waals surface area contributed by atoms with Crippen molar-refractivity contribution in [2.45, 2.75) is 19.4 Å². The van der Waals surface area contributed by atoms with Gasteiger partial charge in [0.1, 0.15) is 5.52 Å². The van der Waals surface area contributed by atoms with Gasteiger partial charge in [-0.3, -0.25) is 0 Å². The SMILES string of the molecule is Cc1cc2c(NC3CCN(c4cccc(Cl)c4)C3)nccn2n1. The first-order chi connectivity index (χ1) is 11.2. The number of hydrogen-bond acceptors (Lipinski definition) is 4. The molecule has 0 bridgehead atoms. The van der Waals surface area contributed by atoms with E-state index in [4.69, 9.17) is 11.6 Å². The van der Waals surface area contributed by atoms with Gasteiger partial charge in [0.2, 0.25) is 0 Å². The normalized spacial score (nSPS) is 17.8. The second-order valence-corrected chi connectivity index (χ2v) is 6.38. The molecule has 118 valence electrons. The predicted molar refractivity (Wildman–Crippen MR) is 93.4 cm³/mol. The fourth-order valence-electron chi connectivity index (χ4n) is 3.13. The van der Waals surface area contributed by atoms with Crippen LogP contribution in [-0.2, 0) is 0 Å². The van der Waals surface area contributed by atoms with Gasteiger partial charge in [0.05, 0.1) is 5.69 Å². The zero-order valence-electron chi connectivity index (χ0n) is 12.9. The van der Waals surface area contributed by atoms with Gasteiger partial charge in [-0.05, 0) is 37.6 Å². The molecule has 1 aliphatic rings. The molecule has 3 heterocycles. The van der Waals surface area contributed by atoms with E-state index in [1.807, 2.05) is 35.8 Å². The van der Waals surface area contributed by atoms with Crippen molar-refractivity contribution < 1.29 is 0 Å². The van der Waals surface area contributed by atoms with Crippen LogP contribution >= 0.6 is 11.6 Å². The highest BCUT2D eigenvalue weighted by atomic mass is 35.5. The maximum atomic E-state index is 6.10. The maximum absolute atomic E-state index is 6.10. The van der Waals surface area contributed by atoms with Gasteiger partial charge < -0.3 is 10.2 Å². The van der Waals surface area contributed by atoms with Crippen molar-refractivity contribution in [1.29, 1.82) is 0 Å². The number of benzene rings is 1. The Morgan fingerprint density at radius 1 is 1.30 bits per heavy atom. The molecule has 0 amide bonds. The first-order valence-corrected chi connectivity index (χ1v) is 8.15. The summed E-state index contributed by atoms with van der Waals surface area (Å²) in [6, 6.07) is 10.4. The van der Waals surface area contributed by atoms with Crippen molar-refractivity contribution in [1.82, 2.24) is 14.6 Å². The minimum Gasteiger partial charge on any atom is -0.369 e. The summed E-state index contributed by atoms with van der Waals surface area (Å²) >= 11 is 6.10. The smallest absolute Gasteiger partial charge is 0.152 e. The van der Waals surface area contributed by atoms with Crippen molar-refractivity contribution in [3.05, 3.63) is 53.4 Å². The number of aryl methyl sites for hydroxylation is 1. The van der Waals surface area contributed by atoms with Gasteiger partial charge in [0.25, 0.3) is 0 Å². The number of hydrogen-bond donors (Lipinski definition) is 1. The quantitative estimate of drug-likeness (QED) is 0.801. The number of fused-ring (bicyclic) bond motifs is 1. The molecule has 2 aromatic heterocycles. The molecule has 1 N–H and O–H groups in total. The number of anilines is 2. The molecule has 1 atom stereocenters. The predicted octanol–water partition coefficient (Wildman–Crippen LogP) is 3.38. The van der Waals surface area contributed by atoms with Crippen molar-refractivity contribution in [3.63, 3.8) is 0 Å². The molecule has 1 saturated heterocycles. The van der Waals surface area contributed by atoms with E-state index in [-0.39, 0.29) is 0 Å². The lowest BCUT2D eigenvalue weighted by Crippen LogP contribution is -2.26. The number of aromatic nitrogens is 3. The maximum Gasteiger partial charge on any atom is 0.152 e. The Labute approximate surface area is 139 Å². The summed E-state index contributed by atoms with van der Waals surface area (Å²) in [6.07, 6.45) is 4.73. The summed E-state index contributed by atoms with van der Waals surface area (Å²) < 4.78 is 1.87. The van der Waals surface area contributed by atoms with E-state index in [0.717, 1.165) is 41.6 Å². The van der Waals surface area contributed by atoms with Crippen LogP contribution in [0.1, 0.15) is 12.1 Å². The molecule has 3 aromatic rings. The summed E-state index contributed by atoms with van der Waals surface area (Å²) in [6.45, 7) is 3.95. The first kappa shape index (κ1) is 14.3. The molecule has 4 rings (SSSR count). The standard InChI is InChI=1S/C17H18ClN5/c1-12-9-16-17(19-6-8-23(16)21-12)20-14-5-7-22(11-14)15-4-2-3-13(18)10-15/h2-4,6,8-10,14H,5,7,11H2,1H3,(H,19,20). The van der Waals surface area contributed by atoms with Gasteiger partial charge >= 0.3 is 0 Å². The second-order valence-electron chi connectivity index (χ2n) is 5.95. The van der Waals surface area contributed by atoms with Gasteiger partial charge in [-0.1, -0.05) is 17.7 Å². The fourth-order valence-corrected chi connectivity index (χ4v) is 3.32. The monoisotopic (exact) mass is 327 g/mol. The third-order valence-corrected chi connectivity index (χ3v) is 4.45. The van der Waals surface area contributed by atoms with E-state index in [9.17, 15) is 0 Å². The zero-order valence-corrected chi connectivity index (χ0v) is 13.7. The van der Waals surface area contributed by atoms with Crippen LogP contribution in [0.5, 0.6) is 0 Å². The van der Waals surface area contributed by atoms with Gasteiger partial charge in [-0.25, -0.2) is 9.50 Å². The summed E-state index contributed by atoms with van der Waals surface area (Å²) in [5, 5.41) is 8.77. The highest BCUT2D eigenvalue weighted by Gasteiger charge is 2.23. The average molecular weight is 328 g/mol. The van der Waals surface area contributed by atoms with Crippen molar-refractivity contribution >= 4 is 28.6 Å². The molecule has 0 spiro atoms. The van der Waals surface area contributed by atoms with E-state index in [1.54, 1.807) is 6.20 Å². The van der Waals surface area contributed by atoms with Crippen molar-refractivity contribution in [2.24, 2.45) is 0 Å². The summed E-state index contributed by atoms with van der Waals surface area (Å²) in [4.78, 5) is 6.84. The molecule has 1 aromatic carbocycles. The Bertz CT molecular complexity index is 844. The molecule has 1 aliphatic heterocycles. The molecular formula is C17H18ClN5. The topological polar surface area (TPSA) is 45.5 Å². The van der Waals surface area contributed by atoms with E-state index in [2.05, 4.69) is 32.4 Å². The van der Waals surface area contributed by atoms with E-state index in [0.29, 0.717) is 6.04 Å².